The molecule has 8 heteroatoms. The third-order valence-corrected chi connectivity index (χ3v) is 2.22. The van der Waals surface area contributed by atoms with Crippen LogP contribution in [0.2, 0.25) is 0 Å². The number of aliphatic imine (C=N–C) groups is 1. The second kappa shape index (κ2) is 4.21. The van der Waals surface area contributed by atoms with Crippen LogP contribution in [-0.4, -0.2) is 18.2 Å². The first kappa shape index (κ1) is 12.2. The Kier molecular flexibility index (Phi) is 2.85. The summed E-state index contributed by atoms with van der Waals surface area (Å²) < 4.78 is 39.9. The van der Waals surface area contributed by atoms with Gasteiger partial charge in [0.25, 0.3) is 0 Å². The lowest BCUT2D eigenvalue weighted by Crippen LogP contribution is -2.28. The average Bonchev–Trinajstić information content (AvgIpc) is 2.55. The molecule has 1 aromatic carbocycles. The van der Waals surface area contributed by atoms with Gasteiger partial charge in [-0.3, -0.25) is 0 Å². The molecule has 1 heterocycles. The predicted octanol–water partition coefficient (Wildman–Crippen LogP) is 1.71. The van der Waals surface area contributed by atoms with Gasteiger partial charge in [0, 0.05) is 0 Å². The maximum Gasteiger partial charge on any atom is 0.573 e. The monoisotopic (exact) mass is 259 g/mol. The van der Waals surface area contributed by atoms with Crippen molar-refractivity contribution in [3.63, 3.8) is 0 Å². The second-order valence-corrected chi connectivity index (χ2v) is 3.54. The lowest BCUT2D eigenvalue weighted by Gasteiger charge is -2.13. The molecule has 1 aliphatic heterocycles. The van der Waals surface area contributed by atoms with Crippen molar-refractivity contribution < 1.29 is 22.7 Å². The zero-order valence-corrected chi connectivity index (χ0v) is 8.86. The molecule has 1 aliphatic rings. The Morgan fingerprint density at radius 2 is 2.11 bits per heavy atom. The number of hydrogen-bond donors (Lipinski definition) is 2. The fraction of sp³-hybridized carbons (Fsp3) is 0.200. The van der Waals surface area contributed by atoms with Crippen LogP contribution in [-0.2, 0) is 0 Å². The number of amidine groups is 1. The van der Waals surface area contributed by atoms with Gasteiger partial charge < -0.3 is 15.8 Å². The summed E-state index contributed by atoms with van der Waals surface area (Å²) in [6, 6.07) is 3.83. The van der Waals surface area contributed by atoms with E-state index in [1.54, 1.807) is 0 Å². The summed E-state index contributed by atoms with van der Waals surface area (Å²) in [6.45, 7) is 0. The van der Waals surface area contributed by atoms with Crippen LogP contribution >= 0.6 is 0 Å². The van der Waals surface area contributed by atoms with E-state index in [-0.39, 0.29) is 11.6 Å². The molecule has 0 bridgehead atoms. The van der Waals surface area contributed by atoms with E-state index in [0.29, 0.717) is 5.56 Å². The summed E-state index contributed by atoms with van der Waals surface area (Å²) in [5.41, 5.74) is 5.85. The van der Waals surface area contributed by atoms with E-state index >= 15 is 0 Å². The minimum absolute atomic E-state index is 0.00385. The summed E-state index contributed by atoms with van der Waals surface area (Å²) in [6.07, 6.45) is -4.77. The summed E-state index contributed by atoms with van der Waals surface area (Å²) in [4.78, 5) is 14.4. The molecule has 3 N–H and O–H groups in total. The number of nitrogens with zero attached hydrogens (tertiary/aromatic N) is 1. The third kappa shape index (κ3) is 2.70. The van der Waals surface area contributed by atoms with Crippen LogP contribution in [0.5, 0.6) is 5.75 Å². The van der Waals surface area contributed by atoms with Gasteiger partial charge in [0.2, 0.25) is 0 Å². The molecule has 1 atom stereocenters. The number of carbonyl (C=O) groups is 1. The molecular weight excluding hydrogens is 251 g/mol. The highest BCUT2D eigenvalue weighted by molar-refractivity contribution is 6.03. The van der Waals surface area contributed by atoms with E-state index in [9.17, 15) is 18.0 Å². The molecule has 5 nitrogen and oxygen atoms in total. The molecule has 2 amide bonds. The molecule has 1 unspecified atom stereocenters. The topological polar surface area (TPSA) is 76.7 Å². The Morgan fingerprint density at radius 1 is 1.39 bits per heavy atom. The van der Waals surface area contributed by atoms with Crippen LogP contribution < -0.4 is 15.8 Å². The van der Waals surface area contributed by atoms with Crippen molar-refractivity contribution in [3.05, 3.63) is 29.8 Å². The van der Waals surface area contributed by atoms with Gasteiger partial charge in [0.1, 0.15) is 17.6 Å². The molecule has 0 radical (unpaired) electrons. The molecule has 0 aliphatic carbocycles. The summed E-state index contributed by atoms with van der Waals surface area (Å²) in [5, 5.41) is 2.41. The first-order chi connectivity index (χ1) is 8.35. The smallest absolute Gasteiger partial charge is 0.406 e. The summed E-state index contributed by atoms with van der Waals surface area (Å²) >= 11 is 0. The first-order valence-corrected chi connectivity index (χ1v) is 4.85. The zero-order valence-electron chi connectivity index (χ0n) is 8.86. The van der Waals surface area contributed by atoms with Crippen LogP contribution in [0.25, 0.3) is 0 Å². The van der Waals surface area contributed by atoms with E-state index < -0.39 is 18.4 Å². The van der Waals surface area contributed by atoms with Crippen molar-refractivity contribution in [3.8, 4) is 5.75 Å². The van der Waals surface area contributed by atoms with Crippen LogP contribution in [0, 0.1) is 0 Å². The van der Waals surface area contributed by atoms with E-state index in [2.05, 4.69) is 15.0 Å². The maximum absolute atomic E-state index is 12.0. The number of hydrogen-bond acceptors (Lipinski definition) is 3. The number of benzene rings is 1. The number of rotatable bonds is 2. The van der Waals surface area contributed by atoms with Gasteiger partial charge >= 0.3 is 12.4 Å². The normalized spacial score (nSPS) is 19.4. The molecule has 0 aromatic heterocycles. The van der Waals surface area contributed by atoms with Crippen LogP contribution in [0.1, 0.15) is 11.6 Å². The molecule has 1 aromatic rings. The van der Waals surface area contributed by atoms with Crippen molar-refractivity contribution in [2.75, 3.05) is 0 Å². The highest BCUT2D eigenvalue weighted by atomic mass is 19.4. The van der Waals surface area contributed by atoms with Crippen LogP contribution in [0.15, 0.2) is 29.3 Å². The summed E-state index contributed by atoms with van der Waals surface area (Å²) in [7, 11) is 0. The largest absolute Gasteiger partial charge is 0.573 e. The predicted molar refractivity (Wildman–Crippen MR) is 56.0 cm³/mol. The van der Waals surface area contributed by atoms with Gasteiger partial charge in [0.05, 0.1) is 0 Å². The molecular formula is C10H8F3N3O2. The number of nitrogens with two attached hydrogens (primary N) is 1. The van der Waals surface area contributed by atoms with E-state index in [4.69, 9.17) is 5.73 Å². The number of halogens is 3. The van der Waals surface area contributed by atoms with Gasteiger partial charge in [-0.25, -0.2) is 4.79 Å². The number of ether oxygens (including phenoxy) is 1. The Balaban J connectivity index is 2.23. The van der Waals surface area contributed by atoms with E-state index in [1.165, 1.54) is 12.1 Å². The lowest BCUT2D eigenvalue weighted by atomic mass is 10.1. The maximum atomic E-state index is 12.0. The van der Waals surface area contributed by atoms with Gasteiger partial charge in [0.15, 0.2) is 0 Å². The molecule has 18 heavy (non-hydrogen) atoms. The highest BCUT2D eigenvalue weighted by Gasteiger charge is 2.32. The molecule has 0 saturated carbocycles. The molecule has 0 spiro atoms. The van der Waals surface area contributed by atoms with Crippen LogP contribution in [0.3, 0.4) is 0 Å². The second-order valence-electron chi connectivity index (χ2n) is 3.54. The van der Waals surface area contributed by atoms with Gasteiger partial charge in [-0.15, -0.1) is 13.2 Å². The SMILES string of the molecule is NC1=NC(=O)NC1c1cccc(OC(F)(F)F)c1. The Labute approximate surface area is 99.4 Å². The van der Waals surface area contributed by atoms with E-state index in [0.717, 1.165) is 12.1 Å². The molecule has 2 rings (SSSR count). The first-order valence-electron chi connectivity index (χ1n) is 4.85. The van der Waals surface area contributed by atoms with Gasteiger partial charge in [-0.2, -0.15) is 4.99 Å². The minimum atomic E-state index is -4.77. The zero-order chi connectivity index (χ0) is 13.3. The van der Waals surface area contributed by atoms with Crippen molar-refractivity contribution >= 4 is 11.9 Å². The minimum Gasteiger partial charge on any atom is -0.406 e. The Bertz CT molecular complexity index is 513. The molecule has 96 valence electrons. The third-order valence-electron chi connectivity index (χ3n) is 2.22. The van der Waals surface area contributed by atoms with E-state index in [1.807, 2.05) is 0 Å². The van der Waals surface area contributed by atoms with Crippen molar-refractivity contribution in [2.24, 2.45) is 10.7 Å². The van der Waals surface area contributed by atoms with Crippen molar-refractivity contribution in [2.45, 2.75) is 12.4 Å². The number of carbonyl (C=O) groups excluding carboxylic acids is 1. The van der Waals surface area contributed by atoms with Gasteiger partial charge in [-0.1, -0.05) is 12.1 Å². The molecule has 0 fully saturated rings. The highest BCUT2D eigenvalue weighted by Crippen LogP contribution is 2.26. The van der Waals surface area contributed by atoms with Crippen molar-refractivity contribution in [1.82, 2.24) is 5.32 Å². The van der Waals surface area contributed by atoms with Crippen molar-refractivity contribution in [1.29, 1.82) is 0 Å². The number of urea groups is 1. The Morgan fingerprint density at radius 3 is 2.67 bits per heavy atom. The summed E-state index contributed by atoms with van der Waals surface area (Å²) in [5.74, 6) is -0.377. The lowest BCUT2D eigenvalue weighted by molar-refractivity contribution is -0.274. The average molecular weight is 259 g/mol. The van der Waals surface area contributed by atoms with Gasteiger partial charge in [-0.05, 0) is 17.7 Å². The Hall–Kier alpha value is -2.25. The number of alkyl halides is 3. The molecule has 0 saturated heterocycles. The number of amides is 2. The number of nitrogens with one attached hydrogen (secondary N) is 1. The fourth-order valence-electron chi connectivity index (χ4n) is 1.56. The fourth-order valence-corrected chi connectivity index (χ4v) is 1.56. The standard InChI is InChI=1S/C10H8F3N3O2/c11-10(12,13)18-6-3-1-2-5(4-6)7-8(14)16-9(17)15-7/h1-4,7H,(H3,14,15,16,17). The van der Waals surface area contributed by atoms with Crippen LogP contribution in [0.4, 0.5) is 18.0 Å². The quantitative estimate of drug-likeness (QED) is 0.848.